The van der Waals surface area contributed by atoms with Gasteiger partial charge in [-0.2, -0.15) is 0 Å². The summed E-state index contributed by atoms with van der Waals surface area (Å²) in [7, 11) is 0. The minimum Gasteiger partial charge on any atom is -0.309 e. The number of rotatable bonds is 6. The number of fused-ring (bicyclic) bond motifs is 5. The molecule has 0 saturated heterocycles. The molecule has 1 heteroatoms. The van der Waals surface area contributed by atoms with Gasteiger partial charge in [0.2, 0.25) is 0 Å². The molecule has 1 aliphatic rings. The zero-order valence-corrected chi connectivity index (χ0v) is 30.5. The predicted molar refractivity (Wildman–Crippen MR) is 230 cm³/mol. The van der Waals surface area contributed by atoms with E-state index in [2.05, 4.69) is 219 Å². The summed E-state index contributed by atoms with van der Waals surface area (Å²) in [5, 5.41) is 4.96. The lowest BCUT2D eigenvalue weighted by Crippen LogP contribution is -2.16. The Balaban J connectivity index is 1.24. The molecule has 0 aliphatic heterocycles. The average molecular weight is 690 g/mol. The van der Waals surface area contributed by atoms with E-state index in [0.717, 1.165) is 11.4 Å². The summed E-state index contributed by atoms with van der Waals surface area (Å²) < 4.78 is 0. The smallest absolute Gasteiger partial charge is 0.0543 e. The van der Waals surface area contributed by atoms with Crippen LogP contribution in [0.2, 0.25) is 0 Å². The fraction of sp³-hybridized carbons (Fsp3) is 0.0566. The Morgan fingerprint density at radius 2 is 0.870 bits per heavy atom. The standard InChI is InChI=1S/C53H39N/c1-53(2)48-20-11-10-19-46(48)52-49(53)21-12-22-51(52)54(45-30-27-39(28-31-45)36-13-4-3-5-14-36)50-32-29-43(42-25-23-37-15-6-8-17-40(37)33-42)35-47(50)44-26-24-38-16-7-9-18-41(38)34-44/h3-35H,1-2H3. The second-order valence-corrected chi connectivity index (χ2v) is 15.0. The van der Waals surface area contributed by atoms with Gasteiger partial charge < -0.3 is 4.90 Å². The molecule has 1 aliphatic carbocycles. The van der Waals surface area contributed by atoms with Crippen molar-refractivity contribution in [3.63, 3.8) is 0 Å². The Morgan fingerprint density at radius 3 is 1.61 bits per heavy atom. The molecule has 9 aromatic rings. The first-order chi connectivity index (χ1) is 26.5. The topological polar surface area (TPSA) is 3.24 Å². The molecular formula is C53H39N. The van der Waals surface area contributed by atoms with Crippen LogP contribution in [0, 0.1) is 0 Å². The summed E-state index contributed by atoms with van der Waals surface area (Å²) in [6, 6.07) is 73.6. The normalized spacial score (nSPS) is 12.8. The lowest BCUT2D eigenvalue weighted by atomic mass is 9.82. The molecule has 54 heavy (non-hydrogen) atoms. The van der Waals surface area contributed by atoms with E-state index in [0.29, 0.717) is 0 Å². The van der Waals surface area contributed by atoms with Crippen LogP contribution in [0.4, 0.5) is 17.1 Å². The third-order valence-corrected chi connectivity index (χ3v) is 11.4. The number of nitrogens with zero attached hydrogens (tertiary/aromatic N) is 1. The van der Waals surface area contributed by atoms with Gasteiger partial charge in [-0.05, 0) is 109 Å². The molecule has 0 fully saturated rings. The van der Waals surface area contributed by atoms with E-state index in [1.54, 1.807) is 0 Å². The van der Waals surface area contributed by atoms with Crippen LogP contribution < -0.4 is 4.90 Å². The summed E-state index contributed by atoms with van der Waals surface area (Å²) in [5.74, 6) is 0. The van der Waals surface area contributed by atoms with Gasteiger partial charge >= 0.3 is 0 Å². The first-order valence-corrected chi connectivity index (χ1v) is 18.8. The van der Waals surface area contributed by atoms with Crippen molar-refractivity contribution >= 4 is 38.6 Å². The maximum absolute atomic E-state index is 2.50. The molecule has 0 atom stereocenters. The highest BCUT2D eigenvalue weighted by atomic mass is 15.1. The zero-order valence-electron chi connectivity index (χ0n) is 30.5. The molecule has 0 amide bonds. The van der Waals surface area contributed by atoms with Gasteiger partial charge in [-0.25, -0.2) is 0 Å². The number of benzene rings is 9. The average Bonchev–Trinajstić information content (AvgIpc) is 3.47. The van der Waals surface area contributed by atoms with E-state index in [1.807, 2.05) is 0 Å². The Hall–Kier alpha value is -6.70. The van der Waals surface area contributed by atoms with E-state index in [9.17, 15) is 0 Å². The lowest BCUT2D eigenvalue weighted by Gasteiger charge is -2.31. The molecule has 0 heterocycles. The van der Waals surface area contributed by atoms with Gasteiger partial charge in [-0.3, -0.25) is 0 Å². The molecule has 0 bridgehead atoms. The predicted octanol–water partition coefficient (Wildman–Crippen LogP) is 14.8. The lowest BCUT2D eigenvalue weighted by molar-refractivity contribution is 0.660. The molecule has 0 N–H and O–H groups in total. The second kappa shape index (κ2) is 12.8. The molecule has 1 nitrogen and oxygen atoms in total. The molecule has 0 saturated carbocycles. The second-order valence-electron chi connectivity index (χ2n) is 15.0. The Morgan fingerprint density at radius 1 is 0.333 bits per heavy atom. The highest BCUT2D eigenvalue weighted by molar-refractivity contribution is 6.00. The first kappa shape index (κ1) is 32.0. The van der Waals surface area contributed by atoms with Crippen LogP contribution in [0.5, 0.6) is 0 Å². The third kappa shape index (κ3) is 5.32. The van der Waals surface area contributed by atoms with Gasteiger partial charge in [0.15, 0.2) is 0 Å². The molecule has 0 radical (unpaired) electrons. The summed E-state index contributed by atoms with van der Waals surface area (Å²) in [4.78, 5) is 2.50. The van der Waals surface area contributed by atoms with Crippen molar-refractivity contribution in [2.24, 2.45) is 0 Å². The minimum absolute atomic E-state index is 0.119. The fourth-order valence-electron chi connectivity index (χ4n) is 8.63. The number of hydrogen-bond acceptors (Lipinski definition) is 1. The molecule has 0 spiro atoms. The van der Waals surface area contributed by atoms with Gasteiger partial charge in [0.1, 0.15) is 0 Å². The summed E-state index contributed by atoms with van der Waals surface area (Å²) in [6.45, 7) is 4.72. The molecule has 9 aromatic carbocycles. The van der Waals surface area contributed by atoms with E-state index in [1.165, 1.54) is 82.9 Å². The van der Waals surface area contributed by atoms with Crippen LogP contribution in [0.25, 0.3) is 66.1 Å². The van der Waals surface area contributed by atoms with Crippen LogP contribution in [-0.4, -0.2) is 0 Å². The highest BCUT2D eigenvalue weighted by Gasteiger charge is 2.38. The van der Waals surface area contributed by atoms with Crippen molar-refractivity contribution in [1.29, 1.82) is 0 Å². The number of hydrogen-bond donors (Lipinski definition) is 0. The van der Waals surface area contributed by atoms with Gasteiger partial charge in [0.05, 0.1) is 11.4 Å². The Labute approximate surface area is 317 Å². The molecule has 0 unspecified atom stereocenters. The molecule has 0 aromatic heterocycles. The van der Waals surface area contributed by atoms with E-state index >= 15 is 0 Å². The zero-order chi connectivity index (χ0) is 36.2. The Bertz CT molecular complexity index is 2850. The van der Waals surface area contributed by atoms with E-state index < -0.39 is 0 Å². The van der Waals surface area contributed by atoms with E-state index in [4.69, 9.17) is 0 Å². The van der Waals surface area contributed by atoms with Crippen LogP contribution in [0.15, 0.2) is 200 Å². The van der Waals surface area contributed by atoms with Crippen molar-refractivity contribution in [2.45, 2.75) is 19.3 Å². The van der Waals surface area contributed by atoms with Gasteiger partial charge in [-0.15, -0.1) is 0 Å². The summed E-state index contributed by atoms with van der Waals surface area (Å²) in [6.07, 6.45) is 0. The third-order valence-electron chi connectivity index (χ3n) is 11.4. The van der Waals surface area contributed by atoms with Gasteiger partial charge in [-0.1, -0.05) is 172 Å². The van der Waals surface area contributed by atoms with Crippen molar-refractivity contribution in [3.8, 4) is 44.5 Å². The van der Waals surface area contributed by atoms with Crippen LogP contribution in [0.3, 0.4) is 0 Å². The quantitative estimate of drug-likeness (QED) is 0.168. The monoisotopic (exact) mass is 689 g/mol. The van der Waals surface area contributed by atoms with Crippen LogP contribution in [0.1, 0.15) is 25.0 Å². The van der Waals surface area contributed by atoms with Crippen molar-refractivity contribution < 1.29 is 0 Å². The Kier molecular flexibility index (Phi) is 7.56. The summed E-state index contributed by atoms with van der Waals surface area (Å²) >= 11 is 0. The molecular weight excluding hydrogens is 651 g/mol. The van der Waals surface area contributed by atoms with Crippen LogP contribution >= 0.6 is 0 Å². The minimum atomic E-state index is -0.119. The van der Waals surface area contributed by atoms with Gasteiger partial charge in [0.25, 0.3) is 0 Å². The van der Waals surface area contributed by atoms with Crippen molar-refractivity contribution in [2.75, 3.05) is 4.90 Å². The largest absolute Gasteiger partial charge is 0.309 e. The van der Waals surface area contributed by atoms with E-state index in [-0.39, 0.29) is 5.41 Å². The maximum Gasteiger partial charge on any atom is 0.0543 e. The SMILES string of the molecule is CC1(C)c2ccccc2-c2c(N(c3ccc(-c4ccccc4)cc3)c3ccc(-c4ccc5ccccc5c4)cc3-c3ccc4ccccc4c3)cccc21. The van der Waals surface area contributed by atoms with Crippen LogP contribution in [-0.2, 0) is 5.41 Å². The molecule has 256 valence electrons. The van der Waals surface area contributed by atoms with Crippen molar-refractivity contribution in [1.82, 2.24) is 0 Å². The fourth-order valence-corrected chi connectivity index (χ4v) is 8.63. The highest BCUT2D eigenvalue weighted by Crippen LogP contribution is 2.55. The molecule has 10 rings (SSSR count). The van der Waals surface area contributed by atoms with Gasteiger partial charge in [0, 0.05) is 22.2 Å². The number of anilines is 3. The first-order valence-electron chi connectivity index (χ1n) is 18.8. The maximum atomic E-state index is 2.50. The summed E-state index contributed by atoms with van der Waals surface area (Å²) in [5.41, 5.74) is 15.8. The van der Waals surface area contributed by atoms with Crippen molar-refractivity contribution in [3.05, 3.63) is 211 Å².